The molecule has 0 aliphatic rings. The number of fused-ring (bicyclic) bond motifs is 1. The van der Waals surface area contributed by atoms with Gasteiger partial charge in [-0.25, -0.2) is 18.4 Å². The Morgan fingerprint density at radius 3 is 2.38 bits per heavy atom. The predicted molar refractivity (Wildman–Crippen MR) is 127 cm³/mol. The molecule has 32 heavy (non-hydrogen) atoms. The van der Waals surface area contributed by atoms with E-state index in [1.54, 1.807) is 36.5 Å². The van der Waals surface area contributed by atoms with E-state index >= 15 is 0 Å². The molecule has 158 valence electrons. The third kappa shape index (κ3) is 4.32. The third-order valence-electron chi connectivity index (χ3n) is 4.64. The van der Waals surface area contributed by atoms with E-state index in [0.717, 1.165) is 20.9 Å². The van der Waals surface area contributed by atoms with Crippen molar-refractivity contribution in [1.82, 2.24) is 9.97 Å². The van der Waals surface area contributed by atoms with Crippen molar-refractivity contribution < 1.29 is 13.2 Å². The van der Waals surface area contributed by atoms with Gasteiger partial charge in [0.25, 0.3) is 10.0 Å². The highest BCUT2D eigenvalue weighted by Crippen LogP contribution is 2.31. The summed E-state index contributed by atoms with van der Waals surface area (Å²) in [6.45, 7) is 0. The van der Waals surface area contributed by atoms with Crippen LogP contribution < -0.4 is 9.46 Å². The maximum Gasteiger partial charge on any atom is 0.261 e. The maximum atomic E-state index is 12.9. The zero-order valence-corrected chi connectivity index (χ0v) is 18.3. The Morgan fingerprint density at radius 2 is 1.59 bits per heavy atom. The molecule has 1 N–H and O–H groups in total. The summed E-state index contributed by atoms with van der Waals surface area (Å²) in [5.41, 5.74) is 2.09. The van der Waals surface area contributed by atoms with Crippen molar-refractivity contribution in [3.63, 3.8) is 0 Å². The molecule has 2 aromatic heterocycles. The van der Waals surface area contributed by atoms with Crippen molar-refractivity contribution in [3.05, 3.63) is 97.2 Å². The summed E-state index contributed by atoms with van der Waals surface area (Å²) in [5, 5.41) is 0.780. The lowest BCUT2D eigenvalue weighted by Gasteiger charge is -2.10. The molecule has 2 heterocycles. The first-order chi connectivity index (χ1) is 15.6. The molecule has 0 atom stereocenters. The summed E-state index contributed by atoms with van der Waals surface area (Å²) in [7, 11) is -3.76. The van der Waals surface area contributed by atoms with E-state index in [-0.39, 0.29) is 4.90 Å². The lowest BCUT2D eigenvalue weighted by atomic mass is 10.2. The second-order valence-corrected chi connectivity index (χ2v) is 9.58. The van der Waals surface area contributed by atoms with E-state index in [4.69, 9.17) is 4.74 Å². The van der Waals surface area contributed by atoms with Gasteiger partial charge in [0.05, 0.1) is 4.90 Å². The first-order valence-corrected chi connectivity index (χ1v) is 12.0. The Labute approximate surface area is 189 Å². The zero-order valence-electron chi connectivity index (χ0n) is 16.7. The summed E-state index contributed by atoms with van der Waals surface area (Å²) in [4.78, 5) is 9.89. The van der Waals surface area contributed by atoms with Gasteiger partial charge >= 0.3 is 0 Å². The molecule has 0 aliphatic heterocycles. The summed E-state index contributed by atoms with van der Waals surface area (Å²) in [6, 6.07) is 26.5. The first-order valence-electron chi connectivity index (χ1n) is 9.75. The zero-order chi connectivity index (χ0) is 22.0. The predicted octanol–water partition coefficient (Wildman–Crippen LogP) is 5.95. The molecular weight excluding hydrogens is 442 g/mol. The molecule has 0 bridgehead atoms. The van der Waals surface area contributed by atoms with Crippen LogP contribution in [0.1, 0.15) is 0 Å². The van der Waals surface area contributed by atoms with Gasteiger partial charge < -0.3 is 4.74 Å². The molecule has 0 saturated heterocycles. The number of nitrogens with zero attached hydrogens (tertiary/aromatic N) is 2. The van der Waals surface area contributed by atoms with Gasteiger partial charge in [-0.2, -0.15) is 0 Å². The number of hydrogen-bond donors (Lipinski definition) is 1. The molecule has 0 aliphatic carbocycles. The maximum absolute atomic E-state index is 12.9. The number of thiazole rings is 1. The van der Waals surface area contributed by atoms with Gasteiger partial charge in [-0.3, -0.25) is 4.72 Å². The molecule has 0 fully saturated rings. The van der Waals surface area contributed by atoms with E-state index in [9.17, 15) is 8.42 Å². The van der Waals surface area contributed by atoms with Crippen molar-refractivity contribution in [2.45, 2.75) is 4.90 Å². The molecule has 0 radical (unpaired) electrons. The van der Waals surface area contributed by atoms with E-state index < -0.39 is 10.0 Å². The third-order valence-corrected chi connectivity index (χ3v) is 7.07. The molecule has 5 rings (SSSR count). The first kappa shape index (κ1) is 20.2. The van der Waals surface area contributed by atoms with E-state index in [0.29, 0.717) is 17.2 Å². The van der Waals surface area contributed by atoms with Crippen molar-refractivity contribution in [3.8, 4) is 22.1 Å². The highest BCUT2D eigenvalue weighted by atomic mass is 32.2. The second-order valence-electron chi connectivity index (χ2n) is 6.92. The van der Waals surface area contributed by atoms with Gasteiger partial charge in [0, 0.05) is 17.4 Å². The van der Waals surface area contributed by atoms with Crippen LogP contribution in [-0.2, 0) is 10.0 Å². The molecule has 8 heteroatoms. The number of ether oxygens (including phenoxy) is 1. The Morgan fingerprint density at radius 1 is 0.812 bits per heavy atom. The van der Waals surface area contributed by atoms with Gasteiger partial charge in [0.1, 0.15) is 26.9 Å². The number of pyridine rings is 1. The molecule has 0 unspecified atom stereocenters. The summed E-state index contributed by atoms with van der Waals surface area (Å²) in [5.74, 6) is 1.24. The van der Waals surface area contributed by atoms with Gasteiger partial charge in [-0.15, -0.1) is 0 Å². The normalized spacial score (nSPS) is 11.4. The van der Waals surface area contributed by atoms with Crippen molar-refractivity contribution >= 4 is 37.4 Å². The van der Waals surface area contributed by atoms with Crippen molar-refractivity contribution in [1.29, 1.82) is 0 Å². The Balaban J connectivity index is 1.35. The van der Waals surface area contributed by atoms with Crippen LogP contribution in [0.4, 0.5) is 5.69 Å². The van der Waals surface area contributed by atoms with Crippen molar-refractivity contribution in [2.75, 3.05) is 4.72 Å². The second kappa shape index (κ2) is 8.41. The van der Waals surface area contributed by atoms with Crippen molar-refractivity contribution in [2.24, 2.45) is 0 Å². The minimum absolute atomic E-state index is 0.146. The molecule has 0 amide bonds. The Bertz CT molecular complexity index is 1450. The average Bonchev–Trinajstić information content (AvgIpc) is 3.25. The summed E-state index contributed by atoms with van der Waals surface area (Å²) < 4.78 is 34.1. The highest BCUT2D eigenvalue weighted by Gasteiger charge is 2.15. The average molecular weight is 460 g/mol. The molecule has 0 saturated carbocycles. The SMILES string of the molecule is O=S(=O)(Nc1cccc(-c2nc3cccnc3s2)c1)c1ccc(Oc2ccccc2)cc1. The van der Waals surface area contributed by atoms with Crippen LogP contribution in [0.5, 0.6) is 11.5 Å². The highest BCUT2D eigenvalue weighted by molar-refractivity contribution is 7.92. The summed E-state index contributed by atoms with van der Waals surface area (Å²) in [6.07, 6.45) is 1.73. The monoisotopic (exact) mass is 459 g/mol. The van der Waals surface area contributed by atoms with Crippen LogP contribution in [0.15, 0.2) is 102 Å². The molecule has 0 spiro atoms. The Hall–Kier alpha value is -3.75. The number of nitrogens with one attached hydrogen (secondary N) is 1. The van der Waals surface area contributed by atoms with Crippen LogP contribution in [0.3, 0.4) is 0 Å². The topological polar surface area (TPSA) is 81.2 Å². The van der Waals surface area contributed by atoms with E-state index in [1.807, 2.05) is 48.5 Å². The standard InChI is InChI=1S/C24H17N3O3S2/c28-32(29,21-13-11-20(12-14-21)30-19-8-2-1-3-9-19)27-18-7-4-6-17(16-18)23-26-22-10-5-15-25-24(22)31-23/h1-16,27H. The fraction of sp³-hybridized carbons (Fsp3) is 0. The quantitative estimate of drug-likeness (QED) is 0.339. The molecular formula is C24H17N3O3S2. The van der Waals surface area contributed by atoms with Gasteiger partial charge in [0.2, 0.25) is 0 Å². The number of aromatic nitrogens is 2. The van der Waals surface area contributed by atoms with Gasteiger partial charge in [-0.05, 0) is 60.7 Å². The number of sulfonamides is 1. The number of rotatable bonds is 6. The fourth-order valence-electron chi connectivity index (χ4n) is 3.13. The van der Waals surface area contributed by atoms with Gasteiger partial charge in [-0.1, -0.05) is 41.7 Å². The minimum atomic E-state index is -3.76. The fourth-order valence-corrected chi connectivity index (χ4v) is 5.09. The molecule has 5 aromatic rings. The minimum Gasteiger partial charge on any atom is -0.457 e. The van der Waals surface area contributed by atoms with Crippen LogP contribution in [0, 0.1) is 0 Å². The van der Waals surface area contributed by atoms with E-state index in [1.165, 1.54) is 23.5 Å². The number of anilines is 1. The smallest absolute Gasteiger partial charge is 0.261 e. The molecule has 3 aromatic carbocycles. The summed E-state index contributed by atoms with van der Waals surface area (Å²) >= 11 is 1.46. The number of benzene rings is 3. The van der Waals surface area contributed by atoms with Crippen LogP contribution in [0.2, 0.25) is 0 Å². The number of para-hydroxylation sites is 1. The lowest BCUT2D eigenvalue weighted by molar-refractivity contribution is 0.482. The lowest BCUT2D eigenvalue weighted by Crippen LogP contribution is -2.12. The van der Waals surface area contributed by atoms with Crippen LogP contribution >= 0.6 is 11.3 Å². The van der Waals surface area contributed by atoms with Crippen LogP contribution in [0.25, 0.3) is 20.9 Å². The Kier molecular flexibility index (Phi) is 5.30. The van der Waals surface area contributed by atoms with Crippen LogP contribution in [-0.4, -0.2) is 18.4 Å². The molecule has 6 nitrogen and oxygen atoms in total. The largest absolute Gasteiger partial charge is 0.457 e. The van der Waals surface area contributed by atoms with E-state index in [2.05, 4.69) is 14.7 Å². The number of hydrogen-bond acceptors (Lipinski definition) is 6. The van der Waals surface area contributed by atoms with Gasteiger partial charge in [0.15, 0.2) is 0 Å².